The maximum atomic E-state index is 13.3. The maximum absolute atomic E-state index is 13.3. The van der Waals surface area contributed by atoms with Crippen molar-refractivity contribution in [3.05, 3.63) is 71.3 Å². The fourth-order valence-electron chi connectivity index (χ4n) is 5.62. The minimum atomic E-state index is -0.605. The van der Waals surface area contributed by atoms with Crippen LogP contribution in [0.3, 0.4) is 0 Å². The third-order valence-corrected chi connectivity index (χ3v) is 7.39. The van der Waals surface area contributed by atoms with Crippen LogP contribution in [0.25, 0.3) is 0 Å². The first-order valence-electron chi connectivity index (χ1n) is 12.4. The zero-order valence-corrected chi connectivity index (χ0v) is 20.4. The quantitative estimate of drug-likeness (QED) is 0.735. The Morgan fingerprint density at radius 2 is 1.62 bits per heavy atom. The van der Waals surface area contributed by atoms with Crippen LogP contribution in [-0.2, 0) is 29.0 Å². The number of benzene rings is 2. The average Bonchev–Trinajstić information content (AvgIpc) is 3.26. The largest absolute Gasteiger partial charge is 0.444 e. The molecule has 2 aromatic carbocycles. The molecule has 6 heteroatoms. The lowest BCUT2D eigenvalue weighted by Gasteiger charge is -2.37. The molecule has 1 saturated carbocycles. The van der Waals surface area contributed by atoms with Crippen molar-refractivity contribution in [1.82, 2.24) is 15.1 Å². The lowest BCUT2D eigenvalue weighted by Crippen LogP contribution is -2.54. The zero-order chi connectivity index (χ0) is 23.9. The first-order valence-corrected chi connectivity index (χ1v) is 12.4. The number of nitrogens with one attached hydrogen (secondary N) is 1. The Balaban J connectivity index is 1.17. The Bertz CT molecular complexity index is 1040. The molecule has 34 heavy (non-hydrogen) atoms. The molecule has 2 aromatic rings. The Labute approximate surface area is 202 Å². The number of rotatable bonds is 5. The number of hydrogen-bond donors (Lipinski definition) is 1. The van der Waals surface area contributed by atoms with Crippen molar-refractivity contribution in [1.29, 1.82) is 0 Å². The maximum Gasteiger partial charge on any atom is 0.411 e. The van der Waals surface area contributed by atoms with Crippen LogP contribution in [0.5, 0.6) is 0 Å². The van der Waals surface area contributed by atoms with Gasteiger partial charge in [0, 0.05) is 32.6 Å². The molecule has 1 N–H and O–H groups in total. The Kier molecular flexibility index (Phi) is 6.11. The predicted molar refractivity (Wildman–Crippen MR) is 131 cm³/mol. The highest BCUT2D eigenvalue weighted by Crippen LogP contribution is 2.51. The molecule has 3 atom stereocenters. The summed E-state index contributed by atoms with van der Waals surface area (Å²) in [4.78, 5) is 30.3. The predicted octanol–water partition coefficient (Wildman–Crippen LogP) is 3.84. The summed E-state index contributed by atoms with van der Waals surface area (Å²) in [7, 11) is 0. The van der Waals surface area contributed by atoms with E-state index in [4.69, 9.17) is 4.74 Å². The molecule has 2 aliphatic heterocycles. The van der Waals surface area contributed by atoms with E-state index in [0.29, 0.717) is 37.3 Å². The van der Waals surface area contributed by atoms with Gasteiger partial charge in [-0.1, -0.05) is 54.6 Å². The van der Waals surface area contributed by atoms with Crippen molar-refractivity contribution >= 4 is 12.0 Å². The topological polar surface area (TPSA) is 61.9 Å². The highest BCUT2D eigenvalue weighted by Gasteiger charge is 2.55. The summed E-state index contributed by atoms with van der Waals surface area (Å²) in [5.74, 6) is 1.80. The van der Waals surface area contributed by atoms with Crippen molar-refractivity contribution in [3.8, 4) is 0 Å². The third-order valence-electron chi connectivity index (χ3n) is 7.39. The van der Waals surface area contributed by atoms with Crippen LogP contribution in [0.2, 0.25) is 0 Å². The fourth-order valence-corrected chi connectivity index (χ4v) is 5.62. The number of piperidine rings is 1. The van der Waals surface area contributed by atoms with Crippen LogP contribution >= 0.6 is 0 Å². The summed E-state index contributed by atoms with van der Waals surface area (Å²) >= 11 is 0. The van der Waals surface area contributed by atoms with E-state index in [2.05, 4.69) is 46.6 Å². The van der Waals surface area contributed by atoms with Crippen LogP contribution in [0.1, 0.15) is 37.5 Å². The number of carbonyl (C=O) groups excluding carboxylic acids is 2. The Morgan fingerprint density at radius 1 is 0.971 bits per heavy atom. The molecular weight excluding hydrogens is 426 g/mol. The molecule has 2 fully saturated rings. The van der Waals surface area contributed by atoms with Crippen molar-refractivity contribution in [2.75, 3.05) is 19.6 Å². The monoisotopic (exact) mass is 461 g/mol. The SMILES string of the molecule is CC(C)(C)OC(=O)N1Cc2ccccc2CC1C(=O)NCC1C2CN(Cc3ccccc3)CC12. The number of ether oxygens (including phenoxy) is 1. The van der Waals surface area contributed by atoms with Gasteiger partial charge in [-0.15, -0.1) is 0 Å². The van der Waals surface area contributed by atoms with E-state index >= 15 is 0 Å². The van der Waals surface area contributed by atoms with E-state index in [0.717, 1.165) is 30.8 Å². The lowest BCUT2D eigenvalue weighted by molar-refractivity contribution is -0.127. The molecule has 5 rings (SSSR count). The first kappa shape index (κ1) is 22.9. The number of hydrogen-bond acceptors (Lipinski definition) is 4. The minimum Gasteiger partial charge on any atom is -0.444 e. The molecule has 2 heterocycles. The molecule has 0 radical (unpaired) electrons. The second-order valence-electron chi connectivity index (χ2n) is 11.0. The highest BCUT2D eigenvalue weighted by molar-refractivity contribution is 5.86. The molecule has 0 spiro atoms. The van der Waals surface area contributed by atoms with Crippen LogP contribution < -0.4 is 5.32 Å². The summed E-state index contributed by atoms with van der Waals surface area (Å²) in [5.41, 5.74) is 2.95. The van der Waals surface area contributed by atoms with Crippen molar-refractivity contribution in [2.24, 2.45) is 17.8 Å². The van der Waals surface area contributed by atoms with Gasteiger partial charge < -0.3 is 10.1 Å². The number of carbonyl (C=O) groups is 2. The number of nitrogens with zero attached hydrogens (tertiary/aromatic N) is 2. The molecule has 0 aromatic heterocycles. The molecule has 2 amide bonds. The Morgan fingerprint density at radius 3 is 2.29 bits per heavy atom. The van der Waals surface area contributed by atoms with Gasteiger partial charge in [0.2, 0.25) is 5.91 Å². The van der Waals surface area contributed by atoms with Crippen molar-refractivity contribution in [3.63, 3.8) is 0 Å². The van der Waals surface area contributed by atoms with Crippen LogP contribution in [-0.4, -0.2) is 53.1 Å². The standard InChI is InChI=1S/C28H35N3O3/c1-28(2,3)34-27(33)31-16-21-12-8-7-11-20(21)13-25(31)26(32)29-14-22-23-17-30(18-24(22)23)15-19-9-5-4-6-10-19/h4-12,22-25H,13-18H2,1-3H3,(H,29,32). The third kappa shape index (κ3) is 4.97. The fraction of sp³-hybridized carbons (Fsp3) is 0.500. The van der Waals surface area contributed by atoms with E-state index in [1.807, 2.05) is 39.0 Å². The van der Waals surface area contributed by atoms with Gasteiger partial charge in [0.15, 0.2) is 0 Å². The van der Waals surface area contributed by atoms with Gasteiger partial charge in [0.25, 0.3) is 0 Å². The van der Waals surface area contributed by atoms with Crippen molar-refractivity contribution in [2.45, 2.75) is 51.9 Å². The van der Waals surface area contributed by atoms with E-state index in [-0.39, 0.29) is 5.91 Å². The molecule has 6 nitrogen and oxygen atoms in total. The summed E-state index contributed by atoms with van der Waals surface area (Å²) in [6.07, 6.45) is 0.0888. The van der Waals surface area contributed by atoms with Gasteiger partial charge in [-0.25, -0.2) is 4.79 Å². The van der Waals surface area contributed by atoms with E-state index < -0.39 is 17.7 Å². The van der Waals surface area contributed by atoms with Gasteiger partial charge >= 0.3 is 6.09 Å². The van der Waals surface area contributed by atoms with Crippen LogP contribution in [0.15, 0.2) is 54.6 Å². The number of likely N-dealkylation sites (tertiary alicyclic amines) is 1. The smallest absolute Gasteiger partial charge is 0.411 e. The summed E-state index contributed by atoms with van der Waals surface area (Å²) in [5, 5.41) is 3.18. The molecule has 0 bridgehead atoms. The van der Waals surface area contributed by atoms with E-state index in [9.17, 15) is 9.59 Å². The van der Waals surface area contributed by atoms with E-state index in [1.54, 1.807) is 4.90 Å². The summed E-state index contributed by atoms with van der Waals surface area (Å²) < 4.78 is 5.63. The first-order chi connectivity index (χ1) is 16.3. The van der Waals surface area contributed by atoms with Crippen LogP contribution in [0.4, 0.5) is 4.79 Å². The van der Waals surface area contributed by atoms with Gasteiger partial charge in [-0.2, -0.15) is 0 Å². The molecular formula is C28H35N3O3. The minimum absolute atomic E-state index is 0.0773. The second kappa shape index (κ2) is 9.06. The van der Waals surface area contributed by atoms with E-state index in [1.165, 1.54) is 5.56 Å². The molecule has 3 aliphatic rings. The number of fused-ring (bicyclic) bond motifs is 2. The lowest BCUT2D eigenvalue weighted by atomic mass is 9.93. The highest BCUT2D eigenvalue weighted by atomic mass is 16.6. The molecule has 1 aliphatic carbocycles. The van der Waals surface area contributed by atoms with Crippen LogP contribution in [0, 0.1) is 17.8 Å². The van der Waals surface area contributed by atoms with Gasteiger partial charge in [-0.05, 0) is 55.2 Å². The summed E-state index contributed by atoms with van der Waals surface area (Å²) in [6, 6.07) is 18.1. The zero-order valence-electron chi connectivity index (χ0n) is 20.4. The van der Waals surface area contributed by atoms with Crippen molar-refractivity contribution < 1.29 is 14.3 Å². The molecule has 1 saturated heterocycles. The normalized spacial score (nSPS) is 25.9. The molecule has 3 unspecified atom stereocenters. The van der Waals surface area contributed by atoms with Gasteiger partial charge in [0.1, 0.15) is 11.6 Å². The van der Waals surface area contributed by atoms with Gasteiger partial charge in [0.05, 0.1) is 6.54 Å². The number of amides is 2. The average molecular weight is 462 g/mol. The second-order valence-corrected chi connectivity index (χ2v) is 11.0. The molecule has 180 valence electrons. The Hall–Kier alpha value is -2.86. The van der Waals surface area contributed by atoms with Gasteiger partial charge in [-0.3, -0.25) is 14.6 Å². The summed E-state index contributed by atoms with van der Waals surface area (Å²) in [6.45, 7) is 9.83.